The van der Waals surface area contributed by atoms with Crippen molar-refractivity contribution in [3.05, 3.63) is 0 Å². The highest BCUT2D eigenvalue weighted by molar-refractivity contribution is 5.85. The molecule has 5 heteroatoms. The van der Waals surface area contributed by atoms with Gasteiger partial charge in [0.2, 0.25) is 0 Å². The van der Waals surface area contributed by atoms with E-state index in [1.807, 2.05) is 0 Å². The third-order valence-electron chi connectivity index (χ3n) is 1.32. The maximum absolute atomic E-state index is 4.71. The molecule has 0 radical (unpaired) electrons. The van der Waals surface area contributed by atoms with Crippen LogP contribution in [-0.4, -0.2) is 19.8 Å². The summed E-state index contributed by atoms with van der Waals surface area (Å²) >= 11 is 0. The van der Waals surface area contributed by atoms with Gasteiger partial charge in [-0.25, -0.2) is 0 Å². The maximum Gasteiger partial charge on any atom is 0.0812 e. The topological polar surface area (TPSA) is 33.3 Å². The molecule has 1 atom stereocenters. The molecular weight excluding hydrogens is 175 g/mol. The highest BCUT2D eigenvalue weighted by Gasteiger charge is 2.11. The summed E-state index contributed by atoms with van der Waals surface area (Å²) < 4.78 is 0. The van der Waals surface area contributed by atoms with E-state index in [1.165, 1.54) is 12.8 Å². The Balaban J connectivity index is 0. The second-order valence-corrected chi connectivity index (χ2v) is 1.97. The van der Waals surface area contributed by atoms with Gasteiger partial charge in [0.05, 0.1) is 13.3 Å². The molecule has 0 unspecified atom stereocenters. The predicted octanol–water partition coefficient (Wildman–Crippen LogP) is 0.690. The Morgan fingerprint density at radius 2 is 2.20 bits per heavy atom. The Labute approximate surface area is 73.7 Å². The minimum absolute atomic E-state index is 0. The maximum atomic E-state index is 4.71. The van der Waals surface area contributed by atoms with Crippen LogP contribution in [0.3, 0.4) is 0 Å². The lowest BCUT2D eigenvalue weighted by molar-refractivity contribution is 0.0563. The Bertz CT molecular complexity index is 68.7. The lowest BCUT2D eigenvalue weighted by Crippen LogP contribution is -2.36. The van der Waals surface area contributed by atoms with E-state index in [1.54, 1.807) is 7.11 Å². The van der Waals surface area contributed by atoms with Crippen molar-refractivity contribution in [2.45, 2.75) is 19.0 Å². The van der Waals surface area contributed by atoms with Gasteiger partial charge in [-0.1, -0.05) is 0 Å². The standard InChI is InChI=1S/C5H12N2O.2ClH/c1-8-7-5-3-2-4-6-5;;/h5-7H,2-4H2,1H3;2*1H/t5-;;/m0../s1. The summed E-state index contributed by atoms with van der Waals surface area (Å²) in [6.45, 7) is 1.11. The van der Waals surface area contributed by atoms with Crippen LogP contribution < -0.4 is 10.8 Å². The van der Waals surface area contributed by atoms with Crippen molar-refractivity contribution in [3.63, 3.8) is 0 Å². The van der Waals surface area contributed by atoms with Crippen LogP contribution in [0.1, 0.15) is 12.8 Å². The largest absolute Gasteiger partial charge is 0.304 e. The van der Waals surface area contributed by atoms with Crippen molar-refractivity contribution in [1.82, 2.24) is 10.8 Å². The summed E-state index contributed by atoms with van der Waals surface area (Å²) in [7, 11) is 1.64. The number of hydroxylamine groups is 1. The molecule has 10 heavy (non-hydrogen) atoms. The Morgan fingerprint density at radius 1 is 1.50 bits per heavy atom. The molecule has 1 fully saturated rings. The minimum atomic E-state index is 0. The summed E-state index contributed by atoms with van der Waals surface area (Å²) in [6.07, 6.45) is 2.81. The Morgan fingerprint density at radius 3 is 2.60 bits per heavy atom. The van der Waals surface area contributed by atoms with Crippen LogP contribution in [0.2, 0.25) is 0 Å². The molecule has 0 aromatic heterocycles. The Kier molecular flexibility index (Phi) is 9.90. The first-order valence-electron chi connectivity index (χ1n) is 2.95. The van der Waals surface area contributed by atoms with E-state index in [2.05, 4.69) is 10.8 Å². The van der Waals surface area contributed by atoms with Crippen LogP contribution in [-0.2, 0) is 4.84 Å². The average Bonchev–Trinajstić information content (AvgIpc) is 2.19. The second kappa shape index (κ2) is 7.57. The third kappa shape index (κ3) is 4.30. The molecule has 1 aliphatic heterocycles. The number of hydrogen-bond acceptors (Lipinski definition) is 3. The summed E-state index contributed by atoms with van der Waals surface area (Å²) in [5, 5.41) is 3.22. The SMILES string of the molecule is CON[C@H]1CCCN1.Cl.Cl. The van der Waals surface area contributed by atoms with Crippen molar-refractivity contribution in [2.24, 2.45) is 0 Å². The normalized spacial score (nSPS) is 23.1. The van der Waals surface area contributed by atoms with Gasteiger partial charge in [0.1, 0.15) is 0 Å². The van der Waals surface area contributed by atoms with Crippen LogP contribution in [0.5, 0.6) is 0 Å². The minimum Gasteiger partial charge on any atom is -0.304 e. The molecule has 1 rings (SSSR count). The van der Waals surface area contributed by atoms with Gasteiger partial charge < -0.3 is 10.2 Å². The molecular formula is C5H14Cl2N2O. The van der Waals surface area contributed by atoms with Crippen molar-refractivity contribution in [2.75, 3.05) is 13.7 Å². The van der Waals surface area contributed by atoms with Crippen LogP contribution in [0.25, 0.3) is 0 Å². The predicted molar refractivity (Wildman–Crippen MR) is 45.7 cm³/mol. The first kappa shape index (κ1) is 13.1. The van der Waals surface area contributed by atoms with Crippen LogP contribution >= 0.6 is 24.8 Å². The molecule has 0 aromatic rings. The van der Waals surface area contributed by atoms with Gasteiger partial charge in [-0.15, -0.1) is 24.8 Å². The molecule has 1 aliphatic rings. The fraction of sp³-hybridized carbons (Fsp3) is 1.00. The molecule has 0 aromatic carbocycles. The highest BCUT2D eigenvalue weighted by atomic mass is 35.5. The van der Waals surface area contributed by atoms with Crippen LogP contribution in [0.4, 0.5) is 0 Å². The molecule has 64 valence electrons. The summed E-state index contributed by atoms with van der Waals surface area (Å²) in [5.74, 6) is 0. The molecule has 3 nitrogen and oxygen atoms in total. The van der Waals surface area contributed by atoms with Crippen molar-refractivity contribution in [3.8, 4) is 0 Å². The van der Waals surface area contributed by atoms with Gasteiger partial charge in [-0.2, -0.15) is 5.48 Å². The van der Waals surface area contributed by atoms with Crippen molar-refractivity contribution >= 4 is 24.8 Å². The van der Waals surface area contributed by atoms with E-state index >= 15 is 0 Å². The number of halogens is 2. The molecule has 0 amide bonds. The molecule has 0 spiro atoms. The molecule has 0 bridgehead atoms. The Hall–Kier alpha value is 0.460. The second-order valence-electron chi connectivity index (χ2n) is 1.97. The van der Waals surface area contributed by atoms with Crippen LogP contribution in [0, 0.1) is 0 Å². The highest BCUT2D eigenvalue weighted by Crippen LogP contribution is 2.00. The van der Waals surface area contributed by atoms with E-state index in [0.717, 1.165) is 6.54 Å². The lowest BCUT2D eigenvalue weighted by Gasteiger charge is -2.08. The van der Waals surface area contributed by atoms with Crippen molar-refractivity contribution in [1.29, 1.82) is 0 Å². The number of hydrogen-bond donors (Lipinski definition) is 2. The number of rotatable bonds is 2. The zero-order valence-electron chi connectivity index (χ0n) is 5.92. The summed E-state index contributed by atoms with van der Waals surface area (Å²) in [4.78, 5) is 4.71. The summed E-state index contributed by atoms with van der Waals surface area (Å²) in [5.41, 5.74) is 2.83. The van der Waals surface area contributed by atoms with E-state index in [0.29, 0.717) is 6.17 Å². The molecule has 0 aliphatic carbocycles. The smallest absolute Gasteiger partial charge is 0.0812 e. The van der Waals surface area contributed by atoms with Gasteiger partial charge in [0.15, 0.2) is 0 Å². The van der Waals surface area contributed by atoms with Gasteiger partial charge in [-0.3, -0.25) is 0 Å². The van der Waals surface area contributed by atoms with Gasteiger partial charge in [0.25, 0.3) is 0 Å². The molecule has 2 N–H and O–H groups in total. The van der Waals surface area contributed by atoms with Crippen LogP contribution in [0.15, 0.2) is 0 Å². The fourth-order valence-corrected chi connectivity index (χ4v) is 0.927. The average molecular weight is 189 g/mol. The van der Waals surface area contributed by atoms with E-state index in [9.17, 15) is 0 Å². The van der Waals surface area contributed by atoms with Gasteiger partial charge in [-0.05, 0) is 19.4 Å². The number of nitrogens with one attached hydrogen (secondary N) is 2. The van der Waals surface area contributed by atoms with Gasteiger partial charge in [0, 0.05) is 0 Å². The first-order chi connectivity index (χ1) is 3.93. The van der Waals surface area contributed by atoms with E-state index < -0.39 is 0 Å². The van der Waals surface area contributed by atoms with Gasteiger partial charge >= 0.3 is 0 Å². The lowest BCUT2D eigenvalue weighted by atomic mass is 10.3. The first-order valence-corrected chi connectivity index (χ1v) is 2.95. The summed E-state index contributed by atoms with van der Waals surface area (Å²) in [6, 6.07) is 0. The monoisotopic (exact) mass is 188 g/mol. The molecule has 1 heterocycles. The quantitative estimate of drug-likeness (QED) is 0.627. The molecule has 1 saturated heterocycles. The fourth-order valence-electron chi connectivity index (χ4n) is 0.927. The molecule has 0 saturated carbocycles. The third-order valence-corrected chi connectivity index (χ3v) is 1.32. The zero-order valence-corrected chi connectivity index (χ0v) is 7.56. The zero-order chi connectivity index (χ0) is 5.82. The van der Waals surface area contributed by atoms with Crippen molar-refractivity contribution < 1.29 is 4.84 Å². The van der Waals surface area contributed by atoms with E-state index in [4.69, 9.17) is 4.84 Å². The van der Waals surface area contributed by atoms with E-state index in [-0.39, 0.29) is 24.8 Å².